The van der Waals surface area contributed by atoms with Crippen LogP contribution in [0.3, 0.4) is 0 Å². The molecule has 0 saturated carbocycles. The third-order valence-electron chi connectivity index (χ3n) is 3.46. The average molecular weight is 403 g/mol. The van der Waals surface area contributed by atoms with Crippen molar-refractivity contribution in [3.05, 3.63) is 80.6 Å². The topological polar surface area (TPSA) is 87.7 Å². The molecule has 2 N–H and O–H groups in total. The first-order valence-corrected chi connectivity index (χ1v) is 8.06. The Hall–Kier alpha value is -2.87. The SMILES string of the molecule is O=C(NCc1ccc(F)c(Br)c1)c1cc(-c2ccncc2)n[nH]c1=O. The number of hydrogen-bond donors (Lipinski definition) is 2. The van der Waals surface area contributed by atoms with Crippen LogP contribution in [-0.2, 0) is 6.54 Å². The minimum absolute atomic E-state index is 0.0528. The second kappa shape index (κ2) is 7.35. The molecule has 3 aromatic rings. The molecule has 0 aliphatic carbocycles. The summed E-state index contributed by atoms with van der Waals surface area (Å²) in [5.74, 6) is -0.929. The van der Waals surface area contributed by atoms with E-state index in [2.05, 4.69) is 36.4 Å². The molecule has 25 heavy (non-hydrogen) atoms. The standard InChI is InChI=1S/C17H12BrFN4O2/c18-13-7-10(1-2-14(13)19)9-21-16(24)12-8-15(22-23-17(12)25)11-3-5-20-6-4-11/h1-8H,9H2,(H,21,24)(H,23,25). The molecule has 8 heteroatoms. The molecule has 2 aromatic heterocycles. The van der Waals surface area contributed by atoms with E-state index in [0.717, 1.165) is 5.56 Å². The van der Waals surface area contributed by atoms with Gasteiger partial charge in [-0.2, -0.15) is 5.10 Å². The van der Waals surface area contributed by atoms with Gasteiger partial charge in [-0.25, -0.2) is 9.49 Å². The Bertz CT molecular complexity index is 976. The van der Waals surface area contributed by atoms with Crippen LogP contribution in [0.1, 0.15) is 15.9 Å². The van der Waals surface area contributed by atoms with Crippen LogP contribution in [0.4, 0.5) is 4.39 Å². The van der Waals surface area contributed by atoms with Crippen molar-refractivity contribution in [1.29, 1.82) is 0 Å². The van der Waals surface area contributed by atoms with Gasteiger partial charge in [0.05, 0.1) is 10.2 Å². The fourth-order valence-electron chi connectivity index (χ4n) is 2.17. The van der Waals surface area contributed by atoms with Crippen molar-refractivity contribution < 1.29 is 9.18 Å². The highest BCUT2D eigenvalue weighted by Crippen LogP contribution is 2.17. The fraction of sp³-hybridized carbons (Fsp3) is 0.0588. The first-order chi connectivity index (χ1) is 12.0. The van der Waals surface area contributed by atoms with E-state index in [0.29, 0.717) is 15.7 Å². The van der Waals surface area contributed by atoms with Crippen molar-refractivity contribution >= 4 is 21.8 Å². The molecule has 2 heterocycles. The monoisotopic (exact) mass is 402 g/mol. The first-order valence-electron chi connectivity index (χ1n) is 7.27. The minimum Gasteiger partial charge on any atom is -0.348 e. The number of H-pyrrole nitrogens is 1. The molecule has 6 nitrogen and oxygen atoms in total. The second-order valence-corrected chi connectivity index (χ2v) is 6.02. The molecular formula is C17H12BrFN4O2. The second-order valence-electron chi connectivity index (χ2n) is 5.16. The Labute approximate surface area is 150 Å². The maximum atomic E-state index is 13.2. The molecule has 0 radical (unpaired) electrons. The lowest BCUT2D eigenvalue weighted by Crippen LogP contribution is -2.29. The van der Waals surface area contributed by atoms with E-state index in [-0.39, 0.29) is 17.9 Å². The molecule has 0 aliphatic heterocycles. The molecule has 0 unspecified atom stereocenters. The number of pyridine rings is 1. The summed E-state index contributed by atoms with van der Waals surface area (Å²) in [4.78, 5) is 28.1. The predicted octanol–water partition coefficient (Wildman–Crippen LogP) is 2.66. The van der Waals surface area contributed by atoms with Crippen LogP contribution in [0.15, 0.2) is 58.1 Å². The fourth-order valence-corrected chi connectivity index (χ4v) is 2.60. The third kappa shape index (κ3) is 3.97. The van der Waals surface area contributed by atoms with E-state index < -0.39 is 11.5 Å². The molecule has 1 aromatic carbocycles. The summed E-state index contributed by atoms with van der Waals surface area (Å²) in [5, 5.41) is 8.90. The Kier molecular flexibility index (Phi) is 4.99. The van der Waals surface area contributed by atoms with Crippen LogP contribution >= 0.6 is 15.9 Å². The summed E-state index contributed by atoms with van der Waals surface area (Å²) in [5.41, 5.74) is 1.24. The van der Waals surface area contributed by atoms with Crippen molar-refractivity contribution in [3.8, 4) is 11.3 Å². The maximum Gasteiger partial charge on any atom is 0.277 e. The summed E-state index contributed by atoms with van der Waals surface area (Å²) < 4.78 is 13.5. The van der Waals surface area contributed by atoms with Gasteiger partial charge in [0, 0.05) is 24.5 Å². The minimum atomic E-state index is -0.587. The van der Waals surface area contributed by atoms with Gasteiger partial charge in [0.1, 0.15) is 11.4 Å². The Balaban J connectivity index is 1.79. The molecule has 0 fully saturated rings. The summed E-state index contributed by atoms with van der Waals surface area (Å²) in [6, 6.07) is 9.28. The van der Waals surface area contributed by atoms with Gasteiger partial charge in [-0.1, -0.05) is 6.07 Å². The molecule has 3 rings (SSSR count). The van der Waals surface area contributed by atoms with Crippen molar-refractivity contribution in [2.45, 2.75) is 6.54 Å². The summed E-state index contributed by atoms with van der Waals surface area (Å²) >= 11 is 3.09. The van der Waals surface area contributed by atoms with Gasteiger partial charge in [0.15, 0.2) is 0 Å². The predicted molar refractivity (Wildman–Crippen MR) is 93.4 cm³/mol. The smallest absolute Gasteiger partial charge is 0.277 e. The molecule has 0 bridgehead atoms. The van der Waals surface area contributed by atoms with Gasteiger partial charge >= 0.3 is 0 Å². The van der Waals surface area contributed by atoms with Gasteiger partial charge in [-0.15, -0.1) is 0 Å². The molecule has 0 aliphatic rings. The molecular weight excluding hydrogens is 391 g/mol. The molecule has 0 saturated heterocycles. The molecule has 126 valence electrons. The molecule has 1 amide bonds. The third-order valence-corrected chi connectivity index (χ3v) is 4.07. The van der Waals surface area contributed by atoms with E-state index in [9.17, 15) is 14.0 Å². The number of benzene rings is 1. The number of aromatic nitrogens is 3. The Morgan fingerprint density at radius 3 is 2.68 bits per heavy atom. The van der Waals surface area contributed by atoms with Gasteiger partial charge in [0.2, 0.25) is 0 Å². The van der Waals surface area contributed by atoms with Crippen LogP contribution in [0, 0.1) is 5.82 Å². The van der Waals surface area contributed by atoms with Crippen LogP contribution in [0.5, 0.6) is 0 Å². The lowest BCUT2D eigenvalue weighted by atomic mass is 10.1. The van der Waals surface area contributed by atoms with Crippen molar-refractivity contribution in [2.75, 3.05) is 0 Å². The largest absolute Gasteiger partial charge is 0.348 e. The number of nitrogens with one attached hydrogen (secondary N) is 2. The van der Waals surface area contributed by atoms with E-state index in [1.807, 2.05) is 0 Å². The quantitative estimate of drug-likeness (QED) is 0.701. The zero-order valence-corrected chi connectivity index (χ0v) is 14.4. The number of hydrogen-bond acceptors (Lipinski definition) is 4. The summed E-state index contributed by atoms with van der Waals surface area (Å²) in [7, 11) is 0. The van der Waals surface area contributed by atoms with E-state index in [1.54, 1.807) is 36.7 Å². The Morgan fingerprint density at radius 1 is 1.20 bits per heavy atom. The maximum absolute atomic E-state index is 13.2. The van der Waals surface area contributed by atoms with Crippen molar-refractivity contribution in [1.82, 2.24) is 20.5 Å². The highest BCUT2D eigenvalue weighted by atomic mass is 79.9. The Morgan fingerprint density at radius 2 is 1.96 bits per heavy atom. The number of aromatic amines is 1. The average Bonchev–Trinajstić information content (AvgIpc) is 2.63. The lowest BCUT2D eigenvalue weighted by Gasteiger charge is -2.07. The highest BCUT2D eigenvalue weighted by Gasteiger charge is 2.13. The van der Waals surface area contributed by atoms with Crippen LogP contribution in [0.25, 0.3) is 11.3 Å². The van der Waals surface area contributed by atoms with Crippen molar-refractivity contribution in [3.63, 3.8) is 0 Å². The van der Waals surface area contributed by atoms with Crippen molar-refractivity contribution in [2.24, 2.45) is 0 Å². The summed E-state index contributed by atoms with van der Waals surface area (Å²) in [6.45, 7) is 0.157. The number of carbonyl (C=O) groups is 1. The van der Waals surface area contributed by atoms with E-state index >= 15 is 0 Å². The lowest BCUT2D eigenvalue weighted by molar-refractivity contribution is 0.0949. The highest BCUT2D eigenvalue weighted by molar-refractivity contribution is 9.10. The zero-order valence-electron chi connectivity index (χ0n) is 12.8. The van der Waals surface area contributed by atoms with Gasteiger partial charge in [-0.3, -0.25) is 14.6 Å². The van der Waals surface area contributed by atoms with Crippen LogP contribution in [0.2, 0.25) is 0 Å². The zero-order chi connectivity index (χ0) is 17.8. The van der Waals surface area contributed by atoms with Gasteiger partial charge in [0.25, 0.3) is 11.5 Å². The summed E-state index contributed by atoms with van der Waals surface area (Å²) in [6.07, 6.45) is 3.18. The van der Waals surface area contributed by atoms with E-state index in [1.165, 1.54) is 12.1 Å². The number of halogens is 2. The number of rotatable bonds is 4. The molecule has 0 atom stereocenters. The normalized spacial score (nSPS) is 10.5. The van der Waals surface area contributed by atoms with Crippen LogP contribution in [-0.4, -0.2) is 21.1 Å². The van der Waals surface area contributed by atoms with Crippen LogP contribution < -0.4 is 10.9 Å². The van der Waals surface area contributed by atoms with Gasteiger partial charge in [-0.05, 0) is 51.8 Å². The number of carbonyl (C=O) groups excluding carboxylic acids is 1. The number of amides is 1. The van der Waals surface area contributed by atoms with Gasteiger partial charge < -0.3 is 5.32 Å². The number of nitrogens with zero attached hydrogens (tertiary/aromatic N) is 2. The van der Waals surface area contributed by atoms with E-state index in [4.69, 9.17) is 0 Å². The first kappa shape index (κ1) is 17.0. The molecule has 0 spiro atoms.